The quantitative estimate of drug-likeness (QED) is 0.534. The molecular weight excluding hydrogens is 409 g/mol. The summed E-state index contributed by atoms with van der Waals surface area (Å²) in [5.74, 6) is 0.566. The van der Waals surface area contributed by atoms with E-state index in [-0.39, 0.29) is 22.6 Å². The van der Waals surface area contributed by atoms with Gasteiger partial charge in [-0.25, -0.2) is 4.39 Å². The van der Waals surface area contributed by atoms with E-state index in [1.54, 1.807) is 35.2 Å². The number of Topliss-reactive ketones (excluding diaryl/α,β-unsaturated/α-hetero) is 1. The average molecular weight is 430 g/mol. The van der Waals surface area contributed by atoms with E-state index in [4.69, 9.17) is 21.1 Å². The van der Waals surface area contributed by atoms with Crippen LogP contribution in [0.5, 0.6) is 11.5 Å². The lowest BCUT2D eigenvalue weighted by atomic mass is 9.88. The summed E-state index contributed by atoms with van der Waals surface area (Å²) in [5.41, 5.74) is 1.26. The number of hydrogen-bond donors (Lipinski definition) is 0. The molecule has 0 spiro atoms. The van der Waals surface area contributed by atoms with Crippen molar-refractivity contribution in [2.75, 3.05) is 26.3 Å². The van der Waals surface area contributed by atoms with Crippen molar-refractivity contribution >= 4 is 29.4 Å². The maximum absolute atomic E-state index is 13.2. The zero-order valence-corrected chi connectivity index (χ0v) is 17.0. The highest BCUT2D eigenvalue weighted by molar-refractivity contribution is 6.30. The van der Waals surface area contributed by atoms with E-state index < -0.39 is 5.82 Å². The first kappa shape index (κ1) is 20.4. The van der Waals surface area contributed by atoms with Crippen molar-refractivity contribution in [1.82, 2.24) is 4.90 Å². The third-order valence-corrected chi connectivity index (χ3v) is 5.66. The van der Waals surface area contributed by atoms with Crippen LogP contribution in [-0.2, 0) is 4.79 Å². The summed E-state index contributed by atoms with van der Waals surface area (Å²) in [6, 6.07) is 9.57. The fourth-order valence-electron chi connectivity index (χ4n) is 3.68. The van der Waals surface area contributed by atoms with Gasteiger partial charge in [-0.05, 0) is 54.8 Å². The predicted octanol–water partition coefficient (Wildman–Crippen LogP) is 4.39. The van der Waals surface area contributed by atoms with Crippen LogP contribution in [0, 0.1) is 11.7 Å². The summed E-state index contributed by atoms with van der Waals surface area (Å²) < 4.78 is 24.3. The van der Waals surface area contributed by atoms with Crippen LogP contribution in [0.1, 0.15) is 28.8 Å². The smallest absolute Gasteiger partial charge is 0.246 e. The molecule has 7 heteroatoms. The van der Waals surface area contributed by atoms with Gasteiger partial charge in [0.2, 0.25) is 5.91 Å². The highest BCUT2D eigenvalue weighted by Crippen LogP contribution is 2.32. The Labute approximate surface area is 179 Å². The number of nitrogens with zero attached hydrogens (tertiary/aromatic N) is 1. The molecule has 4 rings (SSSR count). The molecule has 2 aromatic carbocycles. The number of benzene rings is 2. The second-order valence-electron chi connectivity index (χ2n) is 7.33. The number of piperidine rings is 1. The number of amides is 1. The first-order chi connectivity index (χ1) is 14.5. The minimum absolute atomic E-state index is 0.0167. The fourth-order valence-corrected chi connectivity index (χ4v) is 3.87. The van der Waals surface area contributed by atoms with E-state index in [0.29, 0.717) is 61.8 Å². The Kier molecular flexibility index (Phi) is 6.04. The van der Waals surface area contributed by atoms with Crippen LogP contribution >= 0.6 is 11.6 Å². The van der Waals surface area contributed by atoms with Gasteiger partial charge in [-0.2, -0.15) is 0 Å². The summed E-state index contributed by atoms with van der Waals surface area (Å²) >= 11 is 5.76. The average Bonchev–Trinajstić information content (AvgIpc) is 2.79. The van der Waals surface area contributed by atoms with Crippen LogP contribution in [0.25, 0.3) is 6.08 Å². The third-order valence-electron chi connectivity index (χ3n) is 5.37. The minimum Gasteiger partial charge on any atom is -0.486 e. The fraction of sp³-hybridized carbons (Fsp3) is 0.304. The van der Waals surface area contributed by atoms with E-state index in [0.717, 1.165) is 0 Å². The highest BCUT2D eigenvalue weighted by Gasteiger charge is 2.28. The molecule has 0 atom stereocenters. The number of likely N-dealkylation sites (tertiary alicyclic amines) is 1. The van der Waals surface area contributed by atoms with Gasteiger partial charge in [-0.1, -0.05) is 17.7 Å². The van der Waals surface area contributed by atoms with Crippen LogP contribution in [0.3, 0.4) is 0 Å². The normalized spacial score (nSPS) is 16.7. The van der Waals surface area contributed by atoms with Crippen LogP contribution in [0.15, 0.2) is 42.5 Å². The van der Waals surface area contributed by atoms with Crippen molar-refractivity contribution in [2.24, 2.45) is 5.92 Å². The molecule has 0 saturated carbocycles. The summed E-state index contributed by atoms with van der Waals surface area (Å²) in [4.78, 5) is 27.0. The van der Waals surface area contributed by atoms with Crippen molar-refractivity contribution in [3.63, 3.8) is 0 Å². The maximum atomic E-state index is 13.2. The SMILES string of the molecule is O=C(c1ccc2c(c1)OCCO2)C1CCN(C(=O)/C=C/c2ccc(F)c(Cl)c2)CC1. The molecule has 0 N–H and O–H groups in total. The highest BCUT2D eigenvalue weighted by atomic mass is 35.5. The van der Waals surface area contributed by atoms with Gasteiger partial charge in [0.15, 0.2) is 17.3 Å². The Morgan fingerprint density at radius 1 is 1.03 bits per heavy atom. The van der Waals surface area contributed by atoms with Gasteiger partial charge in [-0.15, -0.1) is 0 Å². The van der Waals surface area contributed by atoms with Gasteiger partial charge in [0.25, 0.3) is 0 Å². The molecule has 0 radical (unpaired) electrons. The van der Waals surface area contributed by atoms with Gasteiger partial charge >= 0.3 is 0 Å². The van der Waals surface area contributed by atoms with E-state index >= 15 is 0 Å². The van der Waals surface area contributed by atoms with Crippen molar-refractivity contribution in [3.8, 4) is 11.5 Å². The monoisotopic (exact) mass is 429 g/mol. The molecule has 5 nitrogen and oxygen atoms in total. The summed E-state index contributed by atoms with van der Waals surface area (Å²) in [6.45, 7) is 2.00. The van der Waals surface area contributed by atoms with Gasteiger partial charge in [0.05, 0.1) is 5.02 Å². The minimum atomic E-state index is -0.495. The number of ether oxygens (including phenoxy) is 2. The van der Waals surface area contributed by atoms with Gasteiger partial charge < -0.3 is 14.4 Å². The van der Waals surface area contributed by atoms with Crippen LogP contribution < -0.4 is 9.47 Å². The molecular formula is C23H21ClFNO4. The number of rotatable bonds is 4. The molecule has 1 saturated heterocycles. The number of carbonyl (C=O) groups excluding carboxylic acids is 2. The van der Waals surface area contributed by atoms with Gasteiger partial charge in [0.1, 0.15) is 19.0 Å². The largest absolute Gasteiger partial charge is 0.486 e. The van der Waals surface area contributed by atoms with Crippen LogP contribution in [-0.4, -0.2) is 42.9 Å². The summed E-state index contributed by atoms with van der Waals surface area (Å²) in [6.07, 6.45) is 4.27. The number of ketones is 1. The lowest BCUT2D eigenvalue weighted by Gasteiger charge is -2.30. The van der Waals surface area contributed by atoms with Crippen molar-refractivity contribution in [2.45, 2.75) is 12.8 Å². The third kappa shape index (κ3) is 4.49. The number of carbonyl (C=O) groups is 2. The molecule has 1 fully saturated rings. The molecule has 0 aromatic heterocycles. The molecule has 1 amide bonds. The molecule has 0 unspecified atom stereocenters. The van der Waals surface area contributed by atoms with E-state index in [1.807, 2.05) is 0 Å². The molecule has 2 aliphatic heterocycles. The molecule has 0 aliphatic carbocycles. The first-order valence-corrected chi connectivity index (χ1v) is 10.2. The Morgan fingerprint density at radius 3 is 2.50 bits per heavy atom. The zero-order valence-electron chi connectivity index (χ0n) is 16.3. The lowest BCUT2D eigenvalue weighted by molar-refractivity contribution is -0.127. The Hall–Kier alpha value is -2.86. The first-order valence-electron chi connectivity index (χ1n) is 9.87. The predicted molar refractivity (Wildman–Crippen MR) is 112 cm³/mol. The van der Waals surface area contributed by atoms with E-state index in [2.05, 4.69) is 0 Å². The number of halogens is 2. The lowest BCUT2D eigenvalue weighted by Crippen LogP contribution is -2.39. The zero-order chi connectivity index (χ0) is 21.1. The Bertz CT molecular complexity index is 999. The topological polar surface area (TPSA) is 55.8 Å². The second-order valence-corrected chi connectivity index (χ2v) is 7.74. The van der Waals surface area contributed by atoms with Crippen LogP contribution in [0.2, 0.25) is 5.02 Å². The standard InChI is InChI=1S/C23H21ClFNO4/c24-18-13-15(1-4-19(18)25)2-6-22(27)26-9-7-16(8-10-26)23(28)17-3-5-20-21(14-17)30-12-11-29-20/h1-6,13-14,16H,7-12H2/b6-2+. The number of hydrogen-bond acceptors (Lipinski definition) is 4. The maximum Gasteiger partial charge on any atom is 0.246 e. The summed E-state index contributed by atoms with van der Waals surface area (Å²) in [7, 11) is 0. The molecule has 156 valence electrons. The Balaban J connectivity index is 1.34. The van der Waals surface area contributed by atoms with Crippen molar-refractivity contribution in [3.05, 3.63) is 64.4 Å². The van der Waals surface area contributed by atoms with E-state index in [9.17, 15) is 14.0 Å². The van der Waals surface area contributed by atoms with Gasteiger partial charge in [0, 0.05) is 30.6 Å². The van der Waals surface area contributed by atoms with E-state index in [1.165, 1.54) is 18.2 Å². The molecule has 2 aliphatic rings. The molecule has 2 heterocycles. The summed E-state index contributed by atoms with van der Waals surface area (Å²) in [5, 5.41) is 0.0167. The number of fused-ring (bicyclic) bond motifs is 1. The molecule has 2 aromatic rings. The Morgan fingerprint density at radius 2 is 1.77 bits per heavy atom. The molecule has 30 heavy (non-hydrogen) atoms. The van der Waals surface area contributed by atoms with Crippen molar-refractivity contribution in [1.29, 1.82) is 0 Å². The second kappa shape index (κ2) is 8.88. The molecule has 0 bridgehead atoms. The van der Waals surface area contributed by atoms with Crippen molar-refractivity contribution < 1.29 is 23.5 Å². The van der Waals surface area contributed by atoms with Gasteiger partial charge in [-0.3, -0.25) is 9.59 Å². The van der Waals surface area contributed by atoms with Crippen LogP contribution in [0.4, 0.5) is 4.39 Å².